The van der Waals surface area contributed by atoms with Gasteiger partial charge in [-0.25, -0.2) is 9.78 Å². The van der Waals surface area contributed by atoms with Crippen LogP contribution in [0.5, 0.6) is 0 Å². The summed E-state index contributed by atoms with van der Waals surface area (Å²) in [4.78, 5) is 15.0. The molecule has 0 saturated heterocycles. The predicted octanol–water partition coefficient (Wildman–Crippen LogP) is 2.95. The zero-order valence-corrected chi connectivity index (χ0v) is 8.80. The van der Waals surface area contributed by atoms with Crippen molar-refractivity contribution in [3.63, 3.8) is 0 Å². The Bertz CT molecular complexity index is 554. The van der Waals surface area contributed by atoms with E-state index in [1.807, 2.05) is 13.0 Å². The molecule has 0 fully saturated rings. The zero-order chi connectivity index (χ0) is 11.5. The highest BCUT2D eigenvalue weighted by Gasteiger charge is 2.07. The zero-order valence-electron chi connectivity index (χ0n) is 8.80. The summed E-state index contributed by atoms with van der Waals surface area (Å²) in [5.41, 5.74) is 1.37. The molecule has 0 aliphatic rings. The Morgan fingerprint density at radius 3 is 3.06 bits per heavy atom. The molecule has 2 aromatic rings. The summed E-state index contributed by atoms with van der Waals surface area (Å²) >= 11 is 0. The molecule has 1 heterocycles. The Kier molecular flexibility index (Phi) is 2.72. The lowest BCUT2D eigenvalue weighted by atomic mass is 10.2. The van der Waals surface area contributed by atoms with Crippen molar-refractivity contribution in [1.29, 1.82) is 0 Å². The third-order valence-corrected chi connectivity index (χ3v) is 2.15. The quantitative estimate of drug-likeness (QED) is 0.858. The number of aromatic carboxylic acids is 1. The number of nitrogens with zero attached hydrogens (tertiary/aromatic N) is 1. The maximum absolute atomic E-state index is 10.7. The van der Waals surface area contributed by atoms with Gasteiger partial charge in [0.05, 0.1) is 5.56 Å². The smallest absolute Gasteiger partial charge is 0.335 e. The summed E-state index contributed by atoms with van der Waals surface area (Å²) < 4.78 is 5.40. The molecule has 0 atom stereocenters. The summed E-state index contributed by atoms with van der Waals surface area (Å²) in [6.07, 6.45) is 4.61. The third kappa shape index (κ3) is 1.95. The van der Waals surface area contributed by atoms with Crippen molar-refractivity contribution in [3.8, 4) is 0 Å². The van der Waals surface area contributed by atoms with Crippen molar-refractivity contribution in [2.45, 2.75) is 13.3 Å². The first kappa shape index (κ1) is 10.4. The lowest BCUT2D eigenvalue weighted by Gasteiger charge is -1.91. The van der Waals surface area contributed by atoms with Gasteiger partial charge in [0.2, 0.25) is 5.89 Å². The van der Waals surface area contributed by atoms with Gasteiger partial charge in [-0.05, 0) is 30.7 Å². The van der Waals surface area contributed by atoms with E-state index in [2.05, 4.69) is 4.98 Å². The molecule has 1 aromatic carbocycles. The maximum Gasteiger partial charge on any atom is 0.335 e. The van der Waals surface area contributed by atoms with Crippen molar-refractivity contribution in [2.75, 3.05) is 0 Å². The average molecular weight is 217 g/mol. The highest BCUT2D eigenvalue weighted by Crippen LogP contribution is 2.18. The molecule has 2 rings (SSSR count). The van der Waals surface area contributed by atoms with Crippen molar-refractivity contribution < 1.29 is 14.3 Å². The Labute approximate surface area is 92.2 Å². The van der Waals surface area contributed by atoms with Gasteiger partial charge in [0.1, 0.15) is 5.52 Å². The number of hydrogen-bond acceptors (Lipinski definition) is 3. The van der Waals surface area contributed by atoms with Gasteiger partial charge in [0, 0.05) is 0 Å². The largest absolute Gasteiger partial charge is 0.478 e. The fraction of sp³-hybridized carbons (Fsp3) is 0.167. The Balaban J connectivity index is 2.45. The van der Waals surface area contributed by atoms with Crippen LogP contribution in [0.4, 0.5) is 0 Å². The third-order valence-electron chi connectivity index (χ3n) is 2.15. The number of allylic oxidation sites excluding steroid dienone is 1. The van der Waals surface area contributed by atoms with E-state index in [0.717, 1.165) is 6.42 Å². The fourth-order valence-electron chi connectivity index (χ4n) is 1.37. The number of oxazole rings is 1. The number of rotatable bonds is 3. The van der Waals surface area contributed by atoms with E-state index < -0.39 is 5.97 Å². The maximum atomic E-state index is 10.7. The van der Waals surface area contributed by atoms with Crippen molar-refractivity contribution in [3.05, 3.63) is 35.7 Å². The number of carboxylic acids is 1. The monoisotopic (exact) mass is 217 g/mol. The van der Waals surface area contributed by atoms with Gasteiger partial charge < -0.3 is 9.52 Å². The second-order valence-corrected chi connectivity index (χ2v) is 3.35. The molecule has 0 amide bonds. The number of aromatic nitrogens is 1. The van der Waals surface area contributed by atoms with E-state index >= 15 is 0 Å². The van der Waals surface area contributed by atoms with Crippen LogP contribution in [0.2, 0.25) is 0 Å². The highest BCUT2D eigenvalue weighted by molar-refractivity contribution is 5.91. The second-order valence-electron chi connectivity index (χ2n) is 3.35. The van der Waals surface area contributed by atoms with Crippen LogP contribution < -0.4 is 0 Å². The minimum absolute atomic E-state index is 0.203. The van der Waals surface area contributed by atoms with Gasteiger partial charge in [0.15, 0.2) is 5.58 Å². The molecule has 4 heteroatoms. The molecule has 16 heavy (non-hydrogen) atoms. The summed E-state index contributed by atoms with van der Waals surface area (Å²) in [6, 6.07) is 4.64. The molecule has 0 aliphatic heterocycles. The van der Waals surface area contributed by atoms with Crippen LogP contribution >= 0.6 is 0 Å². The van der Waals surface area contributed by atoms with Gasteiger partial charge >= 0.3 is 5.97 Å². The molecule has 1 N–H and O–H groups in total. The average Bonchev–Trinajstić information content (AvgIpc) is 2.67. The van der Waals surface area contributed by atoms with Crippen LogP contribution in [-0.2, 0) is 0 Å². The first-order valence-electron chi connectivity index (χ1n) is 5.01. The van der Waals surface area contributed by atoms with Crippen LogP contribution in [0.25, 0.3) is 17.2 Å². The fourth-order valence-corrected chi connectivity index (χ4v) is 1.37. The van der Waals surface area contributed by atoms with Gasteiger partial charge in [-0.3, -0.25) is 0 Å². The molecule has 0 spiro atoms. The summed E-state index contributed by atoms with van der Waals surface area (Å²) in [5, 5.41) is 8.82. The summed E-state index contributed by atoms with van der Waals surface area (Å²) in [5.74, 6) is -0.469. The van der Waals surface area contributed by atoms with Crippen LogP contribution in [0.15, 0.2) is 28.7 Å². The van der Waals surface area contributed by atoms with Crippen LogP contribution in [-0.4, -0.2) is 16.1 Å². The van der Waals surface area contributed by atoms with E-state index in [9.17, 15) is 4.79 Å². The predicted molar refractivity (Wildman–Crippen MR) is 60.3 cm³/mol. The van der Waals surface area contributed by atoms with E-state index in [1.165, 1.54) is 12.1 Å². The number of benzene rings is 1. The Morgan fingerprint density at radius 1 is 1.56 bits per heavy atom. The van der Waals surface area contributed by atoms with E-state index in [-0.39, 0.29) is 5.56 Å². The lowest BCUT2D eigenvalue weighted by molar-refractivity contribution is 0.0697. The molecular formula is C12H11NO3. The molecule has 82 valence electrons. The van der Waals surface area contributed by atoms with Gasteiger partial charge in [-0.15, -0.1) is 0 Å². The topological polar surface area (TPSA) is 63.3 Å². The van der Waals surface area contributed by atoms with Gasteiger partial charge in [0.25, 0.3) is 0 Å². The highest BCUT2D eigenvalue weighted by atomic mass is 16.4. The van der Waals surface area contributed by atoms with Crippen molar-refractivity contribution in [1.82, 2.24) is 4.98 Å². The molecular weight excluding hydrogens is 206 g/mol. The molecule has 4 nitrogen and oxygen atoms in total. The normalized spacial score (nSPS) is 11.3. The molecule has 0 aliphatic carbocycles. The van der Waals surface area contributed by atoms with Crippen molar-refractivity contribution in [2.24, 2.45) is 0 Å². The standard InChI is InChI=1S/C12H11NO3/c1-2-3-4-11-13-9-6-5-8(12(14)15)7-10(9)16-11/h3-7H,2H2,1H3,(H,14,15)/b4-3+. The number of carbonyl (C=O) groups is 1. The van der Waals surface area contributed by atoms with Gasteiger partial charge in [-0.1, -0.05) is 13.0 Å². The van der Waals surface area contributed by atoms with Crippen LogP contribution in [0.1, 0.15) is 29.6 Å². The Morgan fingerprint density at radius 2 is 2.38 bits per heavy atom. The second kappa shape index (κ2) is 4.18. The first-order valence-corrected chi connectivity index (χ1v) is 5.01. The minimum Gasteiger partial charge on any atom is -0.478 e. The summed E-state index contributed by atoms with van der Waals surface area (Å²) in [7, 11) is 0. The number of carboxylic acid groups (broad SMARTS) is 1. The van der Waals surface area contributed by atoms with E-state index in [4.69, 9.17) is 9.52 Å². The van der Waals surface area contributed by atoms with Gasteiger partial charge in [-0.2, -0.15) is 0 Å². The molecule has 0 radical (unpaired) electrons. The molecule has 0 bridgehead atoms. The van der Waals surface area contributed by atoms with Crippen LogP contribution in [0.3, 0.4) is 0 Å². The van der Waals surface area contributed by atoms with E-state index in [1.54, 1.807) is 12.1 Å². The minimum atomic E-state index is -0.969. The number of fused-ring (bicyclic) bond motifs is 1. The summed E-state index contributed by atoms with van der Waals surface area (Å²) in [6.45, 7) is 2.02. The molecule has 0 unspecified atom stereocenters. The van der Waals surface area contributed by atoms with Crippen LogP contribution in [0, 0.1) is 0 Å². The molecule has 0 saturated carbocycles. The SMILES string of the molecule is CC/C=C/c1nc2ccc(C(=O)O)cc2o1. The lowest BCUT2D eigenvalue weighted by Crippen LogP contribution is -1.94. The molecule has 1 aromatic heterocycles. The first-order chi connectivity index (χ1) is 7.70. The number of hydrogen-bond donors (Lipinski definition) is 1. The van der Waals surface area contributed by atoms with E-state index in [0.29, 0.717) is 17.0 Å². The Hall–Kier alpha value is -2.10. The van der Waals surface area contributed by atoms with Crippen molar-refractivity contribution >= 4 is 23.1 Å².